The van der Waals surface area contributed by atoms with E-state index in [2.05, 4.69) is 194 Å². The fourth-order valence-corrected chi connectivity index (χ4v) is 10.4. The molecule has 250 valence electrons. The van der Waals surface area contributed by atoms with Gasteiger partial charge in [-0.15, -0.1) is 11.3 Å². The molecule has 10 aromatic rings. The van der Waals surface area contributed by atoms with Crippen LogP contribution < -0.4 is 0 Å². The molecular weight excluding hydrogens is 659 g/mol. The Morgan fingerprint density at radius 2 is 0.962 bits per heavy atom. The van der Waals surface area contributed by atoms with Crippen molar-refractivity contribution in [2.75, 3.05) is 0 Å². The number of aromatic nitrogens is 1. The van der Waals surface area contributed by atoms with Crippen LogP contribution in [0.4, 0.5) is 0 Å². The van der Waals surface area contributed by atoms with Gasteiger partial charge in [-0.2, -0.15) is 0 Å². The summed E-state index contributed by atoms with van der Waals surface area (Å²) in [5.41, 5.74) is 16.7. The Morgan fingerprint density at radius 3 is 1.62 bits per heavy atom. The summed E-state index contributed by atoms with van der Waals surface area (Å²) in [6.45, 7) is 4.73. The summed E-state index contributed by atoms with van der Waals surface area (Å²) in [5.74, 6) is 0. The monoisotopic (exact) mass is 693 g/mol. The molecule has 0 bridgehead atoms. The van der Waals surface area contributed by atoms with Gasteiger partial charge in [-0.25, -0.2) is 0 Å². The van der Waals surface area contributed by atoms with Crippen molar-refractivity contribution in [2.24, 2.45) is 0 Å². The van der Waals surface area contributed by atoms with Crippen molar-refractivity contribution in [1.82, 2.24) is 4.57 Å². The predicted molar refractivity (Wildman–Crippen MR) is 228 cm³/mol. The van der Waals surface area contributed by atoms with Crippen molar-refractivity contribution in [1.29, 1.82) is 0 Å². The minimum atomic E-state index is -0.00596. The molecule has 2 heterocycles. The zero-order valence-corrected chi connectivity index (χ0v) is 30.4. The summed E-state index contributed by atoms with van der Waals surface area (Å²) in [7, 11) is 0. The Balaban J connectivity index is 1.06. The number of hydrogen-bond acceptors (Lipinski definition) is 1. The SMILES string of the molecule is CC1(C)c2ccccc2-c2c1ccc1c2sc2c(-c3ccc(-n4c5ccc(-c6ccccc6)cc5c5cc(-c6ccccc6)ccc54)cc3)cccc21. The summed E-state index contributed by atoms with van der Waals surface area (Å²) in [6.07, 6.45) is 0. The third-order valence-electron chi connectivity index (χ3n) is 11.6. The zero-order chi connectivity index (χ0) is 35.3. The number of thiophene rings is 1. The molecule has 0 fully saturated rings. The third-order valence-corrected chi connectivity index (χ3v) is 12.9. The van der Waals surface area contributed by atoms with Crippen molar-refractivity contribution in [2.45, 2.75) is 19.3 Å². The van der Waals surface area contributed by atoms with E-state index in [1.165, 1.54) is 97.6 Å². The highest BCUT2D eigenvalue weighted by atomic mass is 32.1. The van der Waals surface area contributed by atoms with Crippen LogP contribution in [0.25, 0.3) is 92.2 Å². The van der Waals surface area contributed by atoms with Crippen LogP contribution in [-0.2, 0) is 5.41 Å². The Bertz CT molecular complexity index is 2960. The Hall–Kier alpha value is -6.22. The molecular formula is C51H35NS. The largest absolute Gasteiger partial charge is 0.309 e. The van der Waals surface area contributed by atoms with E-state index in [0.29, 0.717) is 0 Å². The molecule has 1 aliphatic carbocycles. The molecule has 8 aromatic carbocycles. The lowest BCUT2D eigenvalue weighted by molar-refractivity contribution is 0.661. The normalized spacial score (nSPS) is 13.2. The van der Waals surface area contributed by atoms with Gasteiger partial charge in [-0.1, -0.05) is 153 Å². The fourth-order valence-electron chi connectivity index (χ4n) is 8.98. The summed E-state index contributed by atoms with van der Waals surface area (Å²) in [6, 6.07) is 65.0. The van der Waals surface area contributed by atoms with Gasteiger partial charge in [0, 0.05) is 47.6 Å². The number of nitrogens with zero attached hydrogens (tertiary/aromatic N) is 1. The molecule has 1 aliphatic rings. The highest BCUT2D eigenvalue weighted by Gasteiger charge is 2.36. The van der Waals surface area contributed by atoms with Gasteiger partial charge in [0.15, 0.2) is 0 Å². The first-order valence-electron chi connectivity index (χ1n) is 18.4. The zero-order valence-electron chi connectivity index (χ0n) is 29.6. The number of rotatable bonds is 4. The Kier molecular flexibility index (Phi) is 6.53. The van der Waals surface area contributed by atoms with Crippen LogP contribution in [0, 0.1) is 0 Å². The maximum Gasteiger partial charge on any atom is 0.0541 e. The van der Waals surface area contributed by atoms with Gasteiger partial charge in [-0.3, -0.25) is 0 Å². The van der Waals surface area contributed by atoms with E-state index in [9.17, 15) is 0 Å². The highest BCUT2D eigenvalue weighted by Crippen LogP contribution is 2.54. The van der Waals surface area contributed by atoms with E-state index in [4.69, 9.17) is 0 Å². The Labute approximate surface area is 313 Å². The van der Waals surface area contributed by atoms with Gasteiger partial charge in [-0.05, 0) is 86.5 Å². The van der Waals surface area contributed by atoms with E-state index in [-0.39, 0.29) is 5.41 Å². The van der Waals surface area contributed by atoms with Gasteiger partial charge in [0.05, 0.1) is 11.0 Å². The molecule has 0 saturated carbocycles. The molecule has 0 spiro atoms. The van der Waals surface area contributed by atoms with Gasteiger partial charge in [0.2, 0.25) is 0 Å². The van der Waals surface area contributed by atoms with E-state index < -0.39 is 0 Å². The molecule has 0 saturated heterocycles. The first kappa shape index (κ1) is 30.4. The minimum absolute atomic E-state index is 0.00596. The molecule has 0 atom stereocenters. The van der Waals surface area contributed by atoms with E-state index in [1.807, 2.05) is 11.3 Å². The second-order valence-electron chi connectivity index (χ2n) is 14.9. The van der Waals surface area contributed by atoms with Crippen LogP contribution in [0.15, 0.2) is 176 Å². The lowest BCUT2D eigenvalue weighted by Gasteiger charge is -2.21. The average Bonchev–Trinajstić information content (AvgIpc) is 3.84. The molecule has 1 nitrogen and oxygen atoms in total. The van der Waals surface area contributed by atoms with E-state index in [1.54, 1.807) is 0 Å². The molecule has 0 unspecified atom stereocenters. The number of hydrogen-bond donors (Lipinski definition) is 0. The van der Waals surface area contributed by atoms with Crippen LogP contribution in [0.1, 0.15) is 25.0 Å². The molecule has 0 amide bonds. The summed E-state index contributed by atoms with van der Waals surface area (Å²) in [5, 5.41) is 5.21. The summed E-state index contributed by atoms with van der Waals surface area (Å²) in [4.78, 5) is 0. The maximum absolute atomic E-state index is 2.43. The molecule has 0 N–H and O–H groups in total. The van der Waals surface area contributed by atoms with Crippen LogP contribution in [0.2, 0.25) is 0 Å². The van der Waals surface area contributed by atoms with Crippen LogP contribution in [0.5, 0.6) is 0 Å². The van der Waals surface area contributed by atoms with Crippen molar-refractivity contribution < 1.29 is 0 Å². The fraction of sp³-hybridized carbons (Fsp3) is 0.0588. The van der Waals surface area contributed by atoms with Gasteiger partial charge in [0.25, 0.3) is 0 Å². The van der Waals surface area contributed by atoms with Gasteiger partial charge >= 0.3 is 0 Å². The van der Waals surface area contributed by atoms with Crippen LogP contribution >= 0.6 is 11.3 Å². The first-order valence-corrected chi connectivity index (χ1v) is 19.2. The van der Waals surface area contributed by atoms with Crippen molar-refractivity contribution in [3.05, 3.63) is 187 Å². The van der Waals surface area contributed by atoms with Crippen LogP contribution in [0.3, 0.4) is 0 Å². The molecule has 0 radical (unpaired) electrons. The second kappa shape index (κ2) is 11.4. The van der Waals surface area contributed by atoms with Crippen molar-refractivity contribution in [3.8, 4) is 50.2 Å². The molecule has 53 heavy (non-hydrogen) atoms. The second-order valence-corrected chi connectivity index (χ2v) is 15.9. The van der Waals surface area contributed by atoms with Gasteiger partial charge < -0.3 is 4.57 Å². The number of fused-ring (bicyclic) bond motifs is 10. The smallest absolute Gasteiger partial charge is 0.0541 e. The predicted octanol–water partition coefficient (Wildman–Crippen LogP) is 14.5. The minimum Gasteiger partial charge on any atom is -0.309 e. The standard InChI is InChI=1S/C51H35NS/c1-51(2)44-19-10-9-16-41(44)48-45(51)27-26-40-39-18-11-17-38(49(39)53-50(40)48)34-20-24-37(25-21-34)52-46-28-22-35(32-12-5-3-6-13-32)30-42(46)43-31-36(23-29-47(43)52)33-14-7-4-8-15-33/h3-31H,1-2H3. The molecule has 0 aliphatic heterocycles. The lowest BCUT2D eigenvalue weighted by atomic mass is 9.82. The summed E-state index contributed by atoms with van der Waals surface area (Å²) >= 11 is 1.95. The first-order chi connectivity index (χ1) is 26.0. The van der Waals surface area contributed by atoms with Crippen molar-refractivity contribution >= 4 is 53.3 Å². The third kappa shape index (κ3) is 4.49. The van der Waals surface area contributed by atoms with E-state index >= 15 is 0 Å². The van der Waals surface area contributed by atoms with E-state index in [0.717, 1.165) is 5.69 Å². The maximum atomic E-state index is 2.43. The topological polar surface area (TPSA) is 4.93 Å². The van der Waals surface area contributed by atoms with Crippen molar-refractivity contribution in [3.63, 3.8) is 0 Å². The quantitative estimate of drug-likeness (QED) is 0.173. The van der Waals surface area contributed by atoms with Crippen LogP contribution in [-0.4, -0.2) is 4.57 Å². The molecule has 2 aromatic heterocycles. The average molecular weight is 694 g/mol. The Morgan fingerprint density at radius 1 is 0.396 bits per heavy atom. The highest BCUT2D eigenvalue weighted by molar-refractivity contribution is 7.27. The lowest BCUT2D eigenvalue weighted by Crippen LogP contribution is -2.14. The molecule has 11 rings (SSSR count). The summed E-state index contributed by atoms with van der Waals surface area (Å²) < 4.78 is 5.18. The van der Waals surface area contributed by atoms with Gasteiger partial charge in [0.1, 0.15) is 0 Å². The molecule has 2 heteroatoms. The number of benzene rings is 8.